The van der Waals surface area contributed by atoms with Gasteiger partial charge in [0.2, 0.25) is 0 Å². The number of nitrogens with zero attached hydrogens (tertiary/aromatic N) is 3. The molecular formula is C19H21N3O3S. The number of carbonyl (C=O) groups is 2. The van der Waals surface area contributed by atoms with Gasteiger partial charge in [-0.25, -0.2) is 0 Å². The van der Waals surface area contributed by atoms with E-state index < -0.39 is 17.7 Å². The Bertz CT molecular complexity index is 816. The molecule has 1 atom stereocenters. The van der Waals surface area contributed by atoms with Crippen molar-refractivity contribution in [1.82, 2.24) is 14.8 Å². The summed E-state index contributed by atoms with van der Waals surface area (Å²) in [7, 11) is 3.93. The summed E-state index contributed by atoms with van der Waals surface area (Å²) in [4.78, 5) is 33.8. The molecule has 1 saturated heterocycles. The molecule has 0 unspecified atom stereocenters. The molecule has 0 bridgehead atoms. The average molecular weight is 371 g/mol. The first-order valence-corrected chi connectivity index (χ1v) is 9.25. The zero-order valence-electron chi connectivity index (χ0n) is 14.8. The van der Waals surface area contributed by atoms with Crippen molar-refractivity contribution >= 4 is 28.8 Å². The van der Waals surface area contributed by atoms with Crippen LogP contribution < -0.4 is 0 Å². The van der Waals surface area contributed by atoms with Crippen molar-refractivity contribution in [3.63, 3.8) is 0 Å². The van der Waals surface area contributed by atoms with Crippen LogP contribution in [0.3, 0.4) is 0 Å². The molecule has 1 amide bonds. The van der Waals surface area contributed by atoms with Gasteiger partial charge < -0.3 is 14.9 Å². The van der Waals surface area contributed by atoms with Gasteiger partial charge in [-0.15, -0.1) is 11.3 Å². The molecule has 6 nitrogen and oxygen atoms in total. The van der Waals surface area contributed by atoms with E-state index >= 15 is 0 Å². The van der Waals surface area contributed by atoms with Crippen molar-refractivity contribution < 1.29 is 14.7 Å². The van der Waals surface area contributed by atoms with Gasteiger partial charge in [0.15, 0.2) is 0 Å². The minimum absolute atomic E-state index is 0.147. The molecule has 2 aromatic rings. The molecule has 3 rings (SSSR count). The van der Waals surface area contributed by atoms with E-state index in [9.17, 15) is 14.7 Å². The summed E-state index contributed by atoms with van der Waals surface area (Å²) in [5, 5.41) is 12.7. The predicted octanol–water partition coefficient (Wildman–Crippen LogP) is 2.52. The van der Waals surface area contributed by atoms with Crippen molar-refractivity contribution in [2.75, 3.05) is 27.2 Å². The van der Waals surface area contributed by atoms with Crippen LogP contribution in [0.1, 0.15) is 22.9 Å². The number of hydrogen-bond donors (Lipinski definition) is 1. The fourth-order valence-corrected chi connectivity index (χ4v) is 3.92. The standard InChI is InChI=1S/C19H21N3O3S/c1-21(2)10-4-11-22-16(14-5-3-12-26-14)15(18(24)19(22)25)17(23)13-6-8-20-9-7-13/h3,5-9,12,16,23H,4,10-11H2,1-2H3/t16-/m1/s1. The van der Waals surface area contributed by atoms with Crippen LogP contribution in [0.15, 0.2) is 47.6 Å². The molecule has 0 aromatic carbocycles. The fraction of sp³-hybridized carbons (Fsp3) is 0.316. The van der Waals surface area contributed by atoms with Crippen LogP contribution in [0, 0.1) is 0 Å². The van der Waals surface area contributed by atoms with Gasteiger partial charge in [0.25, 0.3) is 11.7 Å². The smallest absolute Gasteiger partial charge is 0.295 e. The van der Waals surface area contributed by atoms with Crippen LogP contribution >= 0.6 is 11.3 Å². The van der Waals surface area contributed by atoms with E-state index in [1.54, 1.807) is 29.4 Å². The predicted molar refractivity (Wildman–Crippen MR) is 101 cm³/mol. The molecule has 1 aliphatic rings. The highest BCUT2D eigenvalue weighted by Gasteiger charge is 2.46. The number of Topliss-reactive ketones (excluding diaryl/α,β-unsaturated/α-hetero) is 1. The Balaban J connectivity index is 2.02. The second kappa shape index (κ2) is 7.80. The van der Waals surface area contributed by atoms with E-state index in [2.05, 4.69) is 4.98 Å². The van der Waals surface area contributed by atoms with E-state index in [0.29, 0.717) is 12.1 Å². The van der Waals surface area contributed by atoms with Gasteiger partial charge in [0.05, 0.1) is 11.6 Å². The van der Waals surface area contributed by atoms with Gasteiger partial charge >= 0.3 is 0 Å². The maximum absolute atomic E-state index is 12.7. The molecule has 1 N–H and O–H groups in total. The SMILES string of the molecule is CN(C)CCCN1C(=O)C(=O)C(=C(O)c2ccncc2)[C@H]1c1cccs1. The lowest BCUT2D eigenvalue weighted by molar-refractivity contribution is -0.139. The van der Waals surface area contributed by atoms with E-state index in [0.717, 1.165) is 17.8 Å². The molecule has 0 saturated carbocycles. The second-order valence-corrected chi connectivity index (χ2v) is 7.38. The number of pyridine rings is 1. The third-order valence-electron chi connectivity index (χ3n) is 4.31. The quantitative estimate of drug-likeness (QED) is 0.480. The van der Waals surface area contributed by atoms with Gasteiger partial charge in [0, 0.05) is 29.4 Å². The Morgan fingerprint density at radius 2 is 2.00 bits per heavy atom. The summed E-state index contributed by atoms with van der Waals surface area (Å²) in [6, 6.07) is 6.47. The molecule has 136 valence electrons. The zero-order chi connectivity index (χ0) is 18.7. The van der Waals surface area contributed by atoms with Gasteiger partial charge in [-0.1, -0.05) is 6.07 Å². The minimum Gasteiger partial charge on any atom is -0.507 e. The summed E-state index contributed by atoms with van der Waals surface area (Å²) < 4.78 is 0. The normalized spacial score (nSPS) is 19.5. The number of likely N-dealkylation sites (tertiary alicyclic amines) is 1. The van der Waals surface area contributed by atoms with Crippen molar-refractivity contribution in [3.05, 3.63) is 58.1 Å². The zero-order valence-corrected chi connectivity index (χ0v) is 15.6. The number of ketones is 1. The molecular weight excluding hydrogens is 350 g/mol. The highest BCUT2D eigenvalue weighted by molar-refractivity contribution is 7.10. The third-order valence-corrected chi connectivity index (χ3v) is 5.24. The topological polar surface area (TPSA) is 73.7 Å². The van der Waals surface area contributed by atoms with Crippen LogP contribution in [0.25, 0.3) is 5.76 Å². The average Bonchev–Trinajstić information content (AvgIpc) is 3.24. The summed E-state index contributed by atoms with van der Waals surface area (Å²) in [6.07, 6.45) is 3.84. The Labute approximate surface area is 156 Å². The molecule has 7 heteroatoms. The number of thiophene rings is 1. The molecule has 3 heterocycles. The maximum Gasteiger partial charge on any atom is 0.295 e. The molecule has 2 aromatic heterocycles. The molecule has 26 heavy (non-hydrogen) atoms. The molecule has 0 radical (unpaired) electrons. The lowest BCUT2D eigenvalue weighted by Crippen LogP contribution is -2.32. The van der Waals surface area contributed by atoms with Crippen molar-refractivity contribution in [2.45, 2.75) is 12.5 Å². The summed E-state index contributed by atoms with van der Waals surface area (Å²) in [6.45, 7) is 1.27. The summed E-state index contributed by atoms with van der Waals surface area (Å²) >= 11 is 1.47. The summed E-state index contributed by atoms with van der Waals surface area (Å²) in [5.41, 5.74) is 0.626. The van der Waals surface area contributed by atoms with Gasteiger partial charge in [0.1, 0.15) is 5.76 Å². The van der Waals surface area contributed by atoms with E-state index in [1.165, 1.54) is 11.3 Å². The Hall–Kier alpha value is -2.51. The second-order valence-electron chi connectivity index (χ2n) is 6.40. The number of aliphatic hydroxyl groups excluding tert-OH is 1. The van der Waals surface area contributed by atoms with Crippen molar-refractivity contribution in [3.8, 4) is 0 Å². The number of aliphatic hydroxyl groups is 1. The Kier molecular flexibility index (Phi) is 5.49. The molecule has 0 spiro atoms. The maximum atomic E-state index is 12.7. The van der Waals surface area contributed by atoms with E-state index in [-0.39, 0.29) is 11.3 Å². The molecule has 1 aliphatic heterocycles. The van der Waals surface area contributed by atoms with Gasteiger partial charge in [-0.3, -0.25) is 14.6 Å². The van der Waals surface area contributed by atoms with Crippen molar-refractivity contribution in [1.29, 1.82) is 0 Å². The highest BCUT2D eigenvalue weighted by Crippen LogP contribution is 2.40. The van der Waals surface area contributed by atoms with Crippen LogP contribution in [-0.2, 0) is 9.59 Å². The minimum atomic E-state index is -0.637. The van der Waals surface area contributed by atoms with Crippen molar-refractivity contribution in [2.24, 2.45) is 0 Å². The largest absolute Gasteiger partial charge is 0.507 e. The lowest BCUT2D eigenvalue weighted by Gasteiger charge is -2.24. The lowest BCUT2D eigenvalue weighted by atomic mass is 10.0. The van der Waals surface area contributed by atoms with Crippen LogP contribution in [0.5, 0.6) is 0 Å². The van der Waals surface area contributed by atoms with Crippen LogP contribution in [0.2, 0.25) is 0 Å². The molecule has 1 fully saturated rings. The van der Waals surface area contributed by atoms with E-state index in [1.807, 2.05) is 36.5 Å². The number of carbonyl (C=O) groups excluding carboxylic acids is 2. The third kappa shape index (κ3) is 3.54. The Morgan fingerprint density at radius 1 is 1.27 bits per heavy atom. The molecule has 0 aliphatic carbocycles. The number of amides is 1. The van der Waals surface area contributed by atoms with Crippen LogP contribution in [-0.4, -0.2) is 58.8 Å². The Morgan fingerprint density at radius 3 is 2.62 bits per heavy atom. The fourth-order valence-electron chi connectivity index (χ4n) is 3.08. The number of rotatable bonds is 6. The number of hydrogen-bond acceptors (Lipinski definition) is 6. The van der Waals surface area contributed by atoms with Gasteiger partial charge in [-0.2, -0.15) is 0 Å². The number of aromatic nitrogens is 1. The highest BCUT2D eigenvalue weighted by atomic mass is 32.1. The van der Waals surface area contributed by atoms with Crippen LogP contribution in [0.4, 0.5) is 0 Å². The van der Waals surface area contributed by atoms with Gasteiger partial charge in [-0.05, 0) is 50.6 Å². The first-order chi connectivity index (χ1) is 12.5. The first-order valence-electron chi connectivity index (χ1n) is 8.37. The summed E-state index contributed by atoms with van der Waals surface area (Å²) in [5.74, 6) is -1.35. The first kappa shape index (κ1) is 18.3. The monoisotopic (exact) mass is 371 g/mol. The van der Waals surface area contributed by atoms with E-state index in [4.69, 9.17) is 0 Å².